The van der Waals surface area contributed by atoms with Gasteiger partial charge in [0.05, 0.1) is 11.2 Å². The number of benzene rings is 3. The zero-order valence-electron chi connectivity index (χ0n) is 19.7. The van der Waals surface area contributed by atoms with Gasteiger partial charge in [-0.2, -0.15) is 5.21 Å². The largest absolute Gasteiger partial charge is 0.366 e. The van der Waals surface area contributed by atoms with E-state index in [2.05, 4.69) is 86.2 Å². The van der Waals surface area contributed by atoms with Crippen molar-refractivity contribution in [2.45, 2.75) is 25.8 Å². The van der Waals surface area contributed by atoms with Gasteiger partial charge in [0.15, 0.2) is 5.82 Å². The van der Waals surface area contributed by atoms with Gasteiger partial charge >= 0.3 is 0 Å². The van der Waals surface area contributed by atoms with Gasteiger partial charge < -0.3 is 4.90 Å². The van der Waals surface area contributed by atoms with Crippen molar-refractivity contribution in [3.63, 3.8) is 0 Å². The van der Waals surface area contributed by atoms with Gasteiger partial charge in [0.25, 0.3) is 0 Å². The van der Waals surface area contributed by atoms with Gasteiger partial charge in [-0.25, -0.2) is 4.98 Å². The molecule has 0 saturated carbocycles. The first kappa shape index (κ1) is 22.4. The number of anilines is 1. The lowest BCUT2D eigenvalue weighted by atomic mass is 10.0. The van der Waals surface area contributed by atoms with Crippen molar-refractivity contribution in [3.8, 4) is 0 Å². The molecule has 7 heteroatoms. The van der Waals surface area contributed by atoms with E-state index in [0.29, 0.717) is 5.02 Å². The third-order valence-corrected chi connectivity index (χ3v) is 6.86. The number of halogens is 1. The SMILES string of the molecule is Clc1ccc2ccc(C=Cc3cccc(CN4CCc5cccc(CCc6nn[nH]n6)c54)c3)nc2c1. The molecule has 0 aliphatic carbocycles. The van der Waals surface area contributed by atoms with Crippen LogP contribution in [0.5, 0.6) is 0 Å². The number of hydrogen-bond donors (Lipinski definition) is 1. The molecule has 6 nitrogen and oxygen atoms in total. The zero-order valence-corrected chi connectivity index (χ0v) is 20.5. The maximum absolute atomic E-state index is 6.14. The summed E-state index contributed by atoms with van der Waals surface area (Å²) in [5.41, 5.74) is 8.38. The molecular formula is C29H25ClN6. The van der Waals surface area contributed by atoms with Gasteiger partial charge in [-0.15, -0.1) is 10.2 Å². The Kier molecular flexibility index (Phi) is 6.18. The van der Waals surface area contributed by atoms with Crippen LogP contribution in [0.2, 0.25) is 5.02 Å². The van der Waals surface area contributed by atoms with E-state index in [1.165, 1.54) is 22.4 Å². The fraction of sp³-hybridized carbons (Fsp3) is 0.172. The van der Waals surface area contributed by atoms with Gasteiger partial charge in [0.1, 0.15) is 0 Å². The minimum absolute atomic E-state index is 0.699. The molecule has 36 heavy (non-hydrogen) atoms. The highest BCUT2D eigenvalue weighted by Crippen LogP contribution is 2.34. The van der Waals surface area contributed by atoms with E-state index in [9.17, 15) is 0 Å². The smallest absolute Gasteiger partial charge is 0.174 e. The van der Waals surface area contributed by atoms with Crippen LogP contribution >= 0.6 is 11.6 Å². The second kappa shape index (κ2) is 9.91. The van der Waals surface area contributed by atoms with E-state index >= 15 is 0 Å². The second-order valence-corrected chi connectivity index (χ2v) is 9.51. The van der Waals surface area contributed by atoms with Crippen LogP contribution in [0.4, 0.5) is 5.69 Å². The molecule has 0 amide bonds. The van der Waals surface area contributed by atoms with Crippen LogP contribution in [0.1, 0.15) is 33.8 Å². The van der Waals surface area contributed by atoms with Gasteiger partial charge in [-0.05, 0) is 65.4 Å². The lowest BCUT2D eigenvalue weighted by molar-refractivity contribution is 0.819. The molecule has 3 aromatic carbocycles. The second-order valence-electron chi connectivity index (χ2n) is 9.08. The number of rotatable bonds is 7. The zero-order chi connectivity index (χ0) is 24.3. The van der Waals surface area contributed by atoms with Crippen LogP contribution in [0.15, 0.2) is 72.8 Å². The minimum atomic E-state index is 0.699. The first-order chi connectivity index (χ1) is 17.7. The number of nitrogens with zero attached hydrogens (tertiary/aromatic N) is 5. The molecule has 0 bridgehead atoms. The van der Waals surface area contributed by atoms with Crippen molar-refractivity contribution in [2.75, 3.05) is 11.4 Å². The predicted octanol–water partition coefficient (Wildman–Crippen LogP) is 5.92. The molecule has 0 unspecified atom stereocenters. The van der Waals surface area contributed by atoms with E-state index in [1.54, 1.807) is 0 Å². The molecule has 0 fully saturated rings. The number of aromatic amines is 1. The molecule has 1 aliphatic heterocycles. The topological polar surface area (TPSA) is 70.6 Å². The fourth-order valence-corrected chi connectivity index (χ4v) is 5.08. The number of nitrogens with one attached hydrogen (secondary N) is 1. The van der Waals surface area contributed by atoms with Gasteiger partial charge in [-0.3, -0.25) is 0 Å². The third kappa shape index (κ3) is 4.86. The summed E-state index contributed by atoms with van der Waals surface area (Å²) in [6, 6.07) is 25.3. The number of tetrazole rings is 1. The van der Waals surface area contributed by atoms with E-state index in [0.717, 1.165) is 60.3 Å². The Labute approximate surface area is 214 Å². The Morgan fingerprint density at radius 2 is 1.86 bits per heavy atom. The molecule has 1 aliphatic rings. The Morgan fingerprint density at radius 3 is 2.78 bits per heavy atom. The van der Waals surface area contributed by atoms with Gasteiger partial charge in [0.2, 0.25) is 0 Å². The normalized spacial score (nSPS) is 13.1. The number of fused-ring (bicyclic) bond motifs is 2. The Morgan fingerprint density at radius 1 is 0.944 bits per heavy atom. The van der Waals surface area contributed by atoms with Crippen LogP contribution in [-0.4, -0.2) is 32.2 Å². The first-order valence-electron chi connectivity index (χ1n) is 12.1. The van der Waals surface area contributed by atoms with Gasteiger partial charge in [-0.1, -0.05) is 71.4 Å². The average Bonchev–Trinajstić information content (AvgIpc) is 3.57. The lowest BCUT2D eigenvalue weighted by Gasteiger charge is -2.22. The molecule has 2 aromatic heterocycles. The predicted molar refractivity (Wildman–Crippen MR) is 145 cm³/mol. The Hall–Kier alpha value is -4.03. The first-order valence-corrected chi connectivity index (χ1v) is 12.5. The molecule has 0 radical (unpaired) electrons. The summed E-state index contributed by atoms with van der Waals surface area (Å²) in [5, 5.41) is 16.2. The molecule has 0 saturated heterocycles. The Balaban J connectivity index is 1.19. The van der Waals surface area contributed by atoms with Crippen molar-refractivity contribution in [1.82, 2.24) is 25.6 Å². The highest BCUT2D eigenvalue weighted by atomic mass is 35.5. The average molecular weight is 493 g/mol. The van der Waals surface area contributed by atoms with Crippen LogP contribution in [0, 0.1) is 0 Å². The fourth-order valence-electron chi connectivity index (χ4n) is 4.91. The maximum Gasteiger partial charge on any atom is 0.174 e. The summed E-state index contributed by atoms with van der Waals surface area (Å²) in [7, 11) is 0. The standard InChI is InChI=1S/C29H25ClN6/c30-25-11-8-22-9-13-26(31-27(22)18-25)12-7-20-3-1-4-21(17-20)19-36-16-15-24-6-2-5-23(29(24)36)10-14-28-32-34-35-33-28/h1-9,11-13,17-18H,10,14-16,19H2,(H,32,33,34,35). The molecule has 6 rings (SSSR count). The van der Waals surface area contributed by atoms with Crippen LogP contribution in [-0.2, 0) is 25.8 Å². The molecule has 0 spiro atoms. The number of hydrogen-bond acceptors (Lipinski definition) is 5. The number of pyridine rings is 1. The molecule has 1 N–H and O–H groups in total. The minimum Gasteiger partial charge on any atom is -0.366 e. The highest BCUT2D eigenvalue weighted by molar-refractivity contribution is 6.31. The van der Waals surface area contributed by atoms with Crippen LogP contribution < -0.4 is 4.90 Å². The summed E-state index contributed by atoms with van der Waals surface area (Å²) in [6.07, 6.45) is 6.92. The highest BCUT2D eigenvalue weighted by Gasteiger charge is 2.22. The van der Waals surface area contributed by atoms with E-state index in [1.807, 2.05) is 24.3 Å². The van der Waals surface area contributed by atoms with Crippen molar-refractivity contribution >= 4 is 40.3 Å². The summed E-state index contributed by atoms with van der Waals surface area (Å²) in [6.45, 7) is 1.90. The number of aryl methyl sites for hydroxylation is 2. The molecule has 178 valence electrons. The van der Waals surface area contributed by atoms with E-state index < -0.39 is 0 Å². The van der Waals surface area contributed by atoms with E-state index in [4.69, 9.17) is 16.6 Å². The van der Waals surface area contributed by atoms with Crippen molar-refractivity contribution in [1.29, 1.82) is 0 Å². The summed E-state index contributed by atoms with van der Waals surface area (Å²) in [5.74, 6) is 0.751. The number of H-pyrrole nitrogens is 1. The molecular weight excluding hydrogens is 468 g/mol. The van der Waals surface area contributed by atoms with Crippen LogP contribution in [0.25, 0.3) is 23.1 Å². The number of para-hydroxylation sites is 1. The van der Waals surface area contributed by atoms with Crippen LogP contribution in [0.3, 0.4) is 0 Å². The summed E-state index contributed by atoms with van der Waals surface area (Å²) < 4.78 is 0. The van der Waals surface area contributed by atoms with Crippen molar-refractivity contribution in [3.05, 3.63) is 112 Å². The third-order valence-electron chi connectivity index (χ3n) is 6.62. The molecule has 3 heterocycles. The van der Waals surface area contributed by atoms with E-state index in [-0.39, 0.29) is 0 Å². The maximum atomic E-state index is 6.14. The molecule has 0 atom stereocenters. The Bertz CT molecular complexity index is 1540. The number of aromatic nitrogens is 5. The quantitative estimate of drug-likeness (QED) is 0.305. The summed E-state index contributed by atoms with van der Waals surface area (Å²) in [4.78, 5) is 7.23. The van der Waals surface area contributed by atoms with Gasteiger partial charge in [0, 0.05) is 35.6 Å². The molecule has 5 aromatic rings. The monoisotopic (exact) mass is 492 g/mol. The van der Waals surface area contributed by atoms with Crippen molar-refractivity contribution < 1.29 is 0 Å². The van der Waals surface area contributed by atoms with Crippen molar-refractivity contribution in [2.24, 2.45) is 0 Å². The summed E-state index contributed by atoms with van der Waals surface area (Å²) >= 11 is 6.14. The lowest BCUT2D eigenvalue weighted by Crippen LogP contribution is -2.21.